The number of aromatic nitrogens is 18. The second-order valence-corrected chi connectivity index (χ2v) is 27.3. The molecule has 0 aromatic carbocycles. The Morgan fingerprint density at radius 2 is 0.752 bits per heavy atom. The molecule has 0 spiro atoms. The summed E-state index contributed by atoms with van der Waals surface area (Å²) >= 11 is 2.92. The van der Waals surface area contributed by atoms with Crippen LogP contribution in [0.2, 0.25) is 0 Å². The van der Waals surface area contributed by atoms with Gasteiger partial charge in [0, 0.05) is 130 Å². The Bertz CT molecular complexity index is 4980. The largest absolute Gasteiger partial charge is 0.405 e. The van der Waals surface area contributed by atoms with Gasteiger partial charge in [0.05, 0.1) is 18.3 Å². The van der Waals surface area contributed by atoms with Gasteiger partial charge in [-0.25, -0.2) is 64.2 Å². The Hall–Kier alpha value is -12.2. The molecule has 30 nitrogen and oxygen atoms in total. The van der Waals surface area contributed by atoms with E-state index in [9.17, 15) is 76.3 Å². The Kier molecular flexibility index (Phi) is 23.6. The van der Waals surface area contributed by atoms with Gasteiger partial charge in [-0.05, 0) is 73.5 Å². The van der Waals surface area contributed by atoms with Gasteiger partial charge in [-0.2, -0.15) is 62.7 Å². The molecule has 113 heavy (non-hydrogen) atoms. The SMILES string of the molecule is O=C(NCC(F)(F)F)[C@@H]1CSCN1c1ccnc(-c2c[nH]c3ncccc23)n1.O=C(NCC(F)(F)F)[C@@H]1C[C@H](F)CN1c1ncnc(-c2c[nH]c3ncccc23)n1.O=C(NCC(F)(F)F)[C@H]1CCCN1c1ncnc(-c2c[nH]c3ncccc23)n1.O=C(NCC(F)(F)F)[C@H]1CSCN1c1ccnc(-c2c[nH]c3ncccc23)n1. The van der Waals surface area contributed by atoms with Crippen molar-refractivity contribution in [2.24, 2.45) is 0 Å². The highest BCUT2D eigenvalue weighted by Gasteiger charge is 2.42. The van der Waals surface area contributed by atoms with Crippen molar-refractivity contribution in [3.05, 3.63) is 135 Å². The molecule has 4 aliphatic rings. The van der Waals surface area contributed by atoms with Crippen molar-refractivity contribution in [2.75, 3.05) is 82.1 Å². The molecule has 4 saturated heterocycles. The van der Waals surface area contributed by atoms with E-state index in [0.29, 0.717) is 99.9 Å². The maximum absolute atomic E-state index is 14.0. The van der Waals surface area contributed by atoms with Gasteiger partial charge in [-0.3, -0.25) is 19.2 Å². The number of H-pyrrole nitrogens is 4. The molecule has 4 amide bonds. The minimum absolute atomic E-state index is 0.0144. The number of anilines is 4. The van der Waals surface area contributed by atoms with Crippen LogP contribution in [0.1, 0.15) is 19.3 Å². The van der Waals surface area contributed by atoms with E-state index in [1.807, 2.05) is 52.3 Å². The first-order valence-electron chi connectivity index (χ1n) is 34.1. The Morgan fingerprint density at radius 1 is 0.407 bits per heavy atom. The molecule has 16 rings (SSSR count). The zero-order chi connectivity index (χ0) is 79.8. The van der Waals surface area contributed by atoms with E-state index in [1.54, 1.807) is 106 Å². The van der Waals surface area contributed by atoms with Gasteiger partial charge in [0.25, 0.3) is 0 Å². The van der Waals surface area contributed by atoms with E-state index in [4.69, 9.17) is 0 Å². The lowest BCUT2D eigenvalue weighted by Crippen LogP contribution is -2.47. The molecule has 12 aromatic rings. The van der Waals surface area contributed by atoms with Crippen molar-refractivity contribution in [2.45, 2.75) is 74.3 Å². The molecular weight excluding hydrogens is 1560 g/mol. The van der Waals surface area contributed by atoms with Gasteiger partial charge in [-0.15, -0.1) is 23.5 Å². The molecule has 45 heteroatoms. The quantitative estimate of drug-likeness (QED) is 0.0418. The van der Waals surface area contributed by atoms with Crippen LogP contribution in [0.3, 0.4) is 0 Å². The van der Waals surface area contributed by atoms with Gasteiger partial charge in [0.2, 0.25) is 35.5 Å². The first-order valence-corrected chi connectivity index (χ1v) is 36.4. The first kappa shape index (κ1) is 78.9. The monoisotopic (exact) mass is 1620 g/mol. The number of nitrogens with one attached hydrogen (secondary N) is 8. The van der Waals surface area contributed by atoms with Gasteiger partial charge >= 0.3 is 24.7 Å². The first-order chi connectivity index (χ1) is 54.1. The molecule has 4 aliphatic heterocycles. The van der Waals surface area contributed by atoms with Crippen LogP contribution in [-0.4, -0.2) is 231 Å². The number of nitrogens with zero attached hydrogens (tertiary/aromatic N) is 18. The lowest BCUT2D eigenvalue weighted by molar-refractivity contribution is -0.139. The molecule has 12 aromatic heterocycles. The van der Waals surface area contributed by atoms with E-state index in [0.717, 1.165) is 38.2 Å². The van der Waals surface area contributed by atoms with Gasteiger partial charge in [-0.1, -0.05) is 0 Å². The number of fused-ring (bicyclic) bond motifs is 4. The number of hydrogen-bond acceptors (Lipinski definition) is 24. The highest BCUT2D eigenvalue weighted by molar-refractivity contribution is 8.00. The van der Waals surface area contributed by atoms with Crippen LogP contribution in [0.15, 0.2) is 135 Å². The fourth-order valence-electron chi connectivity index (χ4n) is 12.5. The summed E-state index contributed by atoms with van der Waals surface area (Å²) in [6.07, 6.45) is 0.743. The summed E-state index contributed by atoms with van der Waals surface area (Å²) < 4.78 is 163. The fraction of sp³-hybridized carbons (Fsp3) is 0.324. The van der Waals surface area contributed by atoms with Crippen LogP contribution >= 0.6 is 23.5 Å². The lowest BCUT2D eigenvalue weighted by Gasteiger charge is -2.24. The molecule has 0 aliphatic carbocycles. The molecule has 0 saturated carbocycles. The summed E-state index contributed by atoms with van der Waals surface area (Å²) in [4.78, 5) is 127. The highest BCUT2D eigenvalue weighted by Crippen LogP contribution is 2.35. The summed E-state index contributed by atoms with van der Waals surface area (Å²) in [5.41, 5.74) is 5.59. The molecular formula is C68H61F13N26O4S2. The number of carbonyl (C=O) groups excluding carboxylic acids is 4. The third kappa shape index (κ3) is 19.4. The summed E-state index contributed by atoms with van der Waals surface area (Å²) in [6.45, 7) is -5.28. The van der Waals surface area contributed by atoms with Crippen molar-refractivity contribution in [1.82, 2.24) is 111 Å². The Labute approximate surface area is 636 Å². The van der Waals surface area contributed by atoms with Crippen LogP contribution in [0, 0.1) is 0 Å². The van der Waals surface area contributed by atoms with E-state index >= 15 is 0 Å². The minimum atomic E-state index is -4.56. The average Bonchev–Trinajstić information content (AvgIpc) is 1.70. The number of amides is 4. The maximum Gasteiger partial charge on any atom is 0.405 e. The number of carbonyl (C=O) groups is 4. The second kappa shape index (κ2) is 33.8. The third-order valence-corrected chi connectivity index (χ3v) is 19.6. The predicted molar refractivity (Wildman–Crippen MR) is 389 cm³/mol. The van der Waals surface area contributed by atoms with Crippen molar-refractivity contribution in [1.29, 1.82) is 0 Å². The van der Waals surface area contributed by atoms with E-state index < -0.39 is 105 Å². The molecule has 590 valence electrons. The summed E-state index contributed by atoms with van der Waals surface area (Å²) in [7, 11) is 0. The number of aromatic amines is 4. The molecule has 0 bridgehead atoms. The normalized spacial score (nSPS) is 17.9. The van der Waals surface area contributed by atoms with Crippen molar-refractivity contribution in [3.8, 4) is 45.6 Å². The number of hydrogen-bond donors (Lipinski definition) is 8. The maximum atomic E-state index is 14.0. The summed E-state index contributed by atoms with van der Waals surface area (Å²) in [5, 5.41) is 11.0. The highest BCUT2D eigenvalue weighted by atomic mass is 32.2. The van der Waals surface area contributed by atoms with Crippen molar-refractivity contribution in [3.63, 3.8) is 0 Å². The van der Waals surface area contributed by atoms with Crippen LogP contribution in [0.5, 0.6) is 0 Å². The zero-order valence-corrected chi connectivity index (χ0v) is 59.8. The van der Waals surface area contributed by atoms with Gasteiger partial charge < -0.3 is 60.8 Å². The average molecular weight is 1620 g/mol. The van der Waals surface area contributed by atoms with Gasteiger partial charge in [0.15, 0.2) is 23.3 Å². The lowest BCUT2D eigenvalue weighted by atomic mass is 10.2. The number of thioether (sulfide) groups is 2. The molecule has 5 atom stereocenters. The summed E-state index contributed by atoms with van der Waals surface area (Å²) in [6, 6.07) is 14.6. The minimum Gasteiger partial charge on any atom is -0.345 e. The second-order valence-electron chi connectivity index (χ2n) is 25.3. The Morgan fingerprint density at radius 3 is 1.12 bits per heavy atom. The van der Waals surface area contributed by atoms with Crippen LogP contribution in [0.4, 0.5) is 80.6 Å². The van der Waals surface area contributed by atoms with E-state index in [1.165, 1.54) is 41.1 Å². The topological polar surface area (TPSA) is 373 Å². The fourth-order valence-corrected chi connectivity index (χ4v) is 14.8. The van der Waals surface area contributed by atoms with Crippen LogP contribution in [0.25, 0.3) is 89.7 Å². The summed E-state index contributed by atoms with van der Waals surface area (Å²) in [5.74, 6) is 1.54. The van der Waals surface area contributed by atoms with Crippen LogP contribution < -0.4 is 40.9 Å². The zero-order valence-electron chi connectivity index (χ0n) is 58.2. The van der Waals surface area contributed by atoms with Crippen molar-refractivity contribution >= 4 is 115 Å². The molecule has 16 heterocycles. The third-order valence-electron chi connectivity index (χ3n) is 17.6. The molecule has 4 fully saturated rings. The number of rotatable bonds is 16. The van der Waals surface area contributed by atoms with Crippen LogP contribution in [-0.2, 0) is 19.2 Å². The standard InChI is InChI=1S/C17H15F4N7O.C17H16F3N7O.2C17H15F3N6OS/c18-9-4-12(15(29)24-7-17(19,20)21)28(6-9)16-26-8-25-14(27-16)11-5-23-13-10(11)2-1-3-22-13;18-17(19,20)8-23-15(28)12-4-2-6-27(12)16-25-9-24-14(26-16)11-7-22-13-10(11)3-1-5-21-13;2*18-17(19,20)8-24-16(27)12-7-28-9-26(12)13-3-5-22-15(25-13)11-6-23-14-10(11)2-1-4-21-14/h1-3,5,8-9,12H,4,6-7H2,(H,22,23)(H,24,29);1,3,5,7,9,12H,2,4,6,8H2,(H,21,22)(H,23,28);2*1-6,12H,7-9H2,(H,21,23)(H,24,27)/t9-,12-;3*12-/m0110/s1. The van der Waals surface area contributed by atoms with Gasteiger partial charge in [0.1, 0.15) is 103 Å². The molecule has 0 radical (unpaired) electrons. The van der Waals surface area contributed by atoms with E-state index in [-0.39, 0.29) is 30.7 Å². The Balaban J connectivity index is 0.000000132. The van der Waals surface area contributed by atoms with E-state index in [2.05, 4.69) is 89.7 Å². The number of halogens is 13. The number of pyridine rings is 4. The molecule has 0 unspecified atom stereocenters. The smallest absolute Gasteiger partial charge is 0.345 e. The predicted octanol–water partition coefficient (Wildman–Crippen LogP) is 9.23. The van der Waals surface area contributed by atoms with Crippen molar-refractivity contribution < 1.29 is 76.3 Å². The molecule has 8 N–H and O–H groups in total. The number of alkyl halides is 13.